The number of hydrogen-bond donors (Lipinski definition) is 1. The summed E-state index contributed by atoms with van der Waals surface area (Å²) in [6.07, 6.45) is 6.63. The fraction of sp³-hybridized carbons (Fsp3) is 0.520. The van der Waals surface area contributed by atoms with Gasteiger partial charge in [0.2, 0.25) is 0 Å². The van der Waals surface area contributed by atoms with Crippen LogP contribution in [0.15, 0.2) is 12.3 Å². The first-order valence-corrected chi connectivity index (χ1v) is 12.1. The Morgan fingerprint density at radius 1 is 1.31 bits per heavy atom. The van der Waals surface area contributed by atoms with E-state index in [0.29, 0.717) is 18.5 Å². The minimum absolute atomic E-state index is 0.0552. The zero-order valence-corrected chi connectivity index (χ0v) is 20.2. The van der Waals surface area contributed by atoms with E-state index in [1.807, 2.05) is 13.1 Å². The number of halogens is 1. The Kier molecular flexibility index (Phi) is 5.54. The number of ether oxygens (including phenoxy) is 1. The van der Waals surface area contributed by atoms with Crippen LogP contribution in [0.5, 0.6) is 5.75 Å². The highest BCUT2D eigenvalue weighted by molar-refractivity contribution is 6.31. The molecule has 0 amide bonds. The van der Waals surface area contributed by atoms with Gasteiger partial charge in [-0.15, -0.1) is 0 Å². The van der Waals surface area contributed by atoms with Crippen LogP contribution < -0.4 is 10.5 Å². The fourth-order valence-corrected chi connectivity index (χ4v) is 5.42. The molecule has 1 aliphatic heterocycles. The molecule has 0 radical (unpaired) electrons. The SMILES string of the molecule is CCc1cnc(N)c2c(C)nn(C(C)c3cc(Cl)c(C)c4c3OCCN(C3CCC3)C4)c12. The van der Waals surface area contributed by atoms with Crippen LogP contribution in [0.25, 0.3) is 10.9 Å². The van der Waals surface area contributed by atoms with Crippen molar-refractivity contribution in [3.8, 4) is 5.75 Å². The maximum atomic E-state index is 6.78. The lowest BCUT2D eigenvalue weighted by Gasteiger charge is -2.36. The molecule has 6 nitrogen and oxygen atoms in total. The molecule has 1 saturated carbocycles. The molecule has 5 rings (SSSR count). The van der Waals surface area contributed by atoms with Gasteiger partial charge in [0.15, 0.2) is 0 Å². The van der Waals surface area contributed by atoms with Crippen molar-refractivity contribution >= 4 is 28.3 Å². The van der Waals surface area contributed by atoms with E-state index >= 15 is 0 Å². The lowest BCUT2D eigenvalue weighted by atomic mass is 9.90. The minimum atomic E-state index is -0.0552. The highest BCUT2D eigenvalue weighted by Crippen LogP contribution is 2.41. The molecular weight excluding hydrogens is 422 g/mol. The number of pyridine rings is 1. The van der Waals surface area contributed by atoms with E-state index in [1.165, 1.54) is 24.8 Å². The minimum Gasteiger partial charge on any atom is -0.492 e. The van der Waals surface area contributed by atoms with Crippen LogP contribution in [0.2, 0.25) is 5.02 Å². The third-order valence-electron chi connectivity index (χ3n) is 7.41. The van der Waals surface area contributed by atoms with Gasteiger partial charge in [-0.1, -0.05) is 24.9 Å². The van der Waals surface area contributed by atoms with Crippen LogP contribution in [0.1, 0.15) is 67.1 Å². The second-order valence-electron chi connectivity index (χ2n) is 9.24. The first-order valence-electron chi connectivity index (χ1n) is 11.7. The summed E-state index contributed by atoms with van der Waals surface area (Å²) < 4.78 is 8.51. The molecule has 0 spiro atoms. The van der Waals surface area contributed by atoms with Crippen molar-refractivity contribution in [2.75, 3.05) is 18.9 Å². The predicted octanol–water partition coefficient (Wildman–Crippen LogP) is 5.20. The maximum Gasteiger partial charge on any atom is 0.134 e. The number of anilines is 1. The molecular formula is C25H32ClN5O. The number of nitrogen functional groups attached to an aromatic ring is 1. The van der Waals surface area contributed by atoms with E-state index in [4.69, 9.17) is 27.2 Å². The molecule has 3 aromatic rings. The van der Waals surface area contributed by atoms with Crippen LogP contribution in [0.4, 0.5) is 5.82 Å². The van der Waals surface area contributed by atoms with Gasteiger partial charge in [0.05, 0.1) is 22.6 Å². The summed E-state index contributed by atoms with van der Waals surface area (Å²) >= 11 is 6.78. The van der Waals surface area contributed by atoms with E-state index in [2.05, 4.69) is 41.4 Å². The highest BCUT2D eigenvalue weighted by atomic mass is 35.5. The Hall–Kier alpha value is -2.31. The first-order chi connectivity index (χ1) is 15.4. The zero-order chi connectivity index (χ0) is 22.6. The van der Waals surface area contributed by atoms with Crippen LogP contribution in [0.3, 0.4) is 0 Å². The Labute approximate surface area is 194 Å². The molecule has 2 aromatic heterocycles. The number of nitrogens with zero attached hydrogens (tertiary/aromatic N) is 4. The monoisotopic (exact) mass is 453 g/mol. The lowest BCUT2D eigenvalue weighted by molar-refractivity contribution is 0.111. The third kappa shape index (κ3) is 3.35. The Balaban J connectivity index is 1.65. The molecule has 7 heteroatoms. The van der Waals surface area contributed by atoms with Crippen LogP contribution in [-0.2, 0) is 13.0 Å². The summed E-state index contributed by atoms with van der Waals surface area (Å²) in [6.45, 7) is 11.0. The van der Waals surface area contributed by atoms with Gasteiger partial charge in [0.25, 0.3) is 0 Å². The number of rotatable bonds is 4. The summed E-state index contributed by atoms with van der Waals surface area (Å²) in [4.78, 5) is 6.98. The van der Waals surface area contributed by atoms with Gasteiger partial charge in [0.1, 0.15) is 18.2 Å². The van der Waals surface area contributed by atoms with Gasteiger partial charge in [-0.3, -0.25) is 9.58 Å². The number of benzene rings is 1. The summed E-state index contributed by atoms with van der Waals surface area (Å²) in [6, 6.07) is 2.68. The van der Waals surface area contributed by atoms with Crippen LogP contribution in [0, 0.1) is 13.8 Å². The second kappa shape index (κ2) is 8.23. The highest BCUT2D eigenvalue weighted by Gasteiger charge is 2.31. The summed E-state index contributed by atoms with van der Waals surface area (Å²) in [5.41, 5.74) is 12.8. The molecule has 32 heavy (non-hydrogen) atoms. The van der Waals surface area contributed by atoms with Crippen molar-refractivity contribution in [3.05, 3.63) is 45.2 Å². The first kappa shape index (κ1) is 21.5. The van der Waals surface area contributed by atoms with Gasteiger partial charge < -0.3 is 10.5 Å². The van der Waals surface area contributed by atoms with Gasteiger partial charge >= 0.3 is 0 Å². The van der Waals surface area contributed by atoms with E-state index in [-0.39, 0.29) is 6.04 Å². The number of aryl methyl sites for hydroxylation is 2. The van der Waals surface area contributed by atoms with Gasteiger partial charge in [-0.05, 0) is 57.2 Å². The molecule has 0 bridgehead atoms. The van der Waals surface area contributed by atoms with Gasteiger partial charge in [0, 0.05) is 41.5 Å². The number of fused-ring (bicyclic) bond motifs is 2. The zero-order valence-electron chi connectivity index (χ0n) is 19.4. The lowest BCUT2D eigenvalue weighted by Crippen LogP contribution is -2.40. The predicted molar refractivity (Wildman–Crippen MR) is 130 cm³/mol. The summed E-state index contributed by atoms with van der Waals surface area (Å²) in [5.74, 6) is 1.50. The number of nitrogens with two attached hydrogens (primary N) is 1. The largest absolute Gasteiger partial charge is 0.492 e. The molecule has 2 N–H and O–H groups in total. The van der Waals surface area contributed by atoms with Crippen molar-refractivity contribution in [2.45, 2.75) is 72.0 Å². The number of hydrogen-bond acceptors (Lipinski definition) is 5. The Morgan fingerprint density at radius 2 is 2.09 bits per heavy atom. The fourth-order valence-electron chi connectivity index (χ4n) is 5.19. The van der Waals surface area contributed by atoms with Crippen molar-refractivity contribution in [1.82, 2.24) is 19.7 Å². The van der Waals surface area contributed by atoms with Gasteiger partial charge in [-0.25, -0.2) is 4.98 Å². The Bertz CT molecular complexity index is 1180. The summed E-state index contributed by atoms with van der Waals surface area (Å²) in [5, 5.41) is 6.64. The number of aromatic nitrogens is 3. The molecule has 1 atom stereocenters. The molecule has 170 valence electrons. The van der Waals surface area contributed by atoms with Crippen molar-refractivity contribution in [3.63, 3.8) is 0 Å². The standard InChI is InChI=1S/C25H32ClN5O/c1-5-17-12-28-25(27)22-15(3)29-31(23(17)22)16(4)19-11-21(26)14(2)20-13-30(18-7-6-8-18)9-10-32-24(19)20/h11-12,16,18H,5-10,13H2,1-4H3,(H2,27,28). The normalized spacial score (nSPS) is 18.2. The Morgan fingerprint density at radius 3 is 2.78 bits per heavy atom. The molecule has 1 aliphatic carbocycles. The quantitative estimate of drug-likeness (QED) is 0.587. The van der Waals surface area contributed by atoms with Crippen LogP contribution >= 0.6 is 11.6 Å². The van der Waals surface area contributed by atoms with E-state index in [0.717, 1.165) is 63.6 Å². The molecule has 1 unspecified atom stereocenters. The molecule has 1 aromatic carbocycles. The molecule has 1 fully saturated rings. The molecule has 0 saturated heterocycles. The molecule has 2 aliphatic rings. The van der Waals surface area contributed by atoms with Crippen LogP contribution in [-0.4, -0.2) is 38.9 Å². The average Bonchev–Trinajstić information content (AvgIpc) is 2.94. The van der Waals surface area contributed by atoms with Crippen molar-refractivity contribution in [1.29, 1.82) is 0 Å². The molecule has 3 heterocycles. The van der Waals surface area contributed by atoms with Gasteiger partial charge in [-0.2, -0.15) is 5.10 Å². The third-order valence-corrected chi connectivity index (χ3v) is 7.80. The maximum absolute atomic E-state index is 6.78. The van der Waals surface area contributed by atoms with E-state index < -0.39 is 0 Å². The summed E-state index contributed by atoms with van der Waals surface area (Å²) in [7, 11) is 0. The smallest absolute Gasteiger partial charge is 0.134 e. The average molecular weight is 454 g/mol. The van der Waals surface area contributed by atoms with Crippen molar-refractivity contribution < 1.29 is 4.74 Å². The van der Waals surface area contributed by atoms with E-state index in [1.54, 1.807) is 0 Å². The van der Waals surface area contributed by atoms with Crippen molar-refractivity contribution in [2.24, 2.45) is 0 Å². The second-order valence-corrected chi connectivity index (χ2v) is 9.64. The topological polar surface area (TPSA) is 69.2 Å². The van der Waals surface area contributed by atoms with E-state index in [9.17, 15) is 0 Å².